The molecule has 16 heavy (non-hydrogen) atoms. The Kier molecular flexibility index (Phi) is 4.33. The van der Waals surface area contributed by atoms with E-state index in [4.69, 9.17) is 0 Å². The van der Waals surface area contributed by atoms with E-state index >= 15 is 0 Å². The van der Waals surface area contributed by atoms with Crippen molar-refractivity contribution < 1.29 is 16.8 Å². The molecule has 0 amide bonds. The highest BCUT2D eigenvalue weighted by Crippen LogP contribution is 2.07. The number of hydrogen-bond acceptors (Lipinski definition) is 5. The summed E-state index contributed by atoms with van der Waals surface area (Å²) >= 11 is 0. The Labute approximate surface area is 97.0 Å². The van der Waals surface area contributed by atoms with E-state index in [1.807, 2.05) is 6.92 Å². The first-order valence-electron chi connectivity index (χ1n) is 5.10. The Morgan fingerprint density at radius 3 is 2.38 bits per heavy atom. The van der Waals surface area contributed by atoms with E-state index < -0.39 is 19.9 Å². The second kappa shape index (κ2) is 4.99. The third-order valence-electron chi connectivity index (χ3n) is 2.44. The minimum atomic E-state index is -3.44. The Morgan fingerprint density at radius 1 is 1.25 bits per heavy atom. The van der Waals surface area contributed by atoms with Gasteiger partial charge < -0.3 is 5.32 Å². The van der Waals surface area contributed by atoms with E-state index in [0.717, 1.165) is 6.26 Å². The highest BCUT2D eigenvalue weighted by atomic mass is 32.2. The lowest BCUT2D eigenvalue weighted by Gasteiger charge is -2.30. The highest BCUT2D eigenvalue weighted by molar-refractivity contribution is 7.93. The van der Waals surface area contributed by atoms with Crippen LogP contribution in [0.5, 0.6) is 0 Å². The number of sulfonamides is 1. The summed E-state index contributed by atoms with van der Waals surface area (Å²) in [4.78, 5) is 0. The first kappa shape index (κ1) is 13.9. The zero-order valence-corrected chi connectivity index (χ0v) is 11.1. The number of nitrogens with one attached hydrogen (secondary N) is 1. The molecule has 1 atom stereocenters. The van der Waals surface area contributed by atoms with Gasteiger partial charge in [0.1, 0.15) is 9.84 Å². The largest absolute Gasteiger partial charge is 0.312 e. The molecule has 0 bridgehead atoms. The topological polar surface area (TPSA) is 83.6 Å². The second-order valence-electron chi connectivity index (χ2n) is 4.16. The fourth-order valence-electron chi connectivity index (χ4n) is 1.54. The molecular formula is C8H18N2O4S2. The van der Waals surface area contributed by atoms with Gasteiger partial charge in [-0.05, 0) is 6.92 Å². The molecule has 1 rings (SSSR count). The maximum absolute atomic E-state index is 11.8. The fourth-order valence-corrected chi connectivity index (χ4v) is 4.67. The number of piperazine rings is 1. The van der Waals surface area contributed by atoms with Crippen LogP contribution in [-0.4, -0.2) is 64.6 Å². The van der Waals surface area contributed by atoms with Gasteiger partial charge in [-0.2, -0.15) is 4.31 Å². The monoisotopic (exact) mass is 270 g/mol. The molecule has 8 heteroatoms. The third-order valence-corrected chi connectivity index (χ3v) is 5.48. The van der Waals surface area contributed by atoms with Crippen LogP contribution >= 0.6 is 0 Å². The Balaban J connectivity index is 2.63. The molecule has 0 aromatic carbocycles. The maximum Gasteiger partial charge on any atom is 0.215 e. The molecule has 1 heterocycles. The van der Waals surface area contributed by atoms with Crippen LogP contribution in [-0.2, 0) is 19.9 Å². The van der Waals surface area contributed by atoms with Crippen molar-refractivity contribution in [2.75, 3.05) is 37.4 Å². The average Bonchev–Trinajstić information content (AvgIpc) is 2.14. The smallest absolute Gasteiger partial charge is 0.215 e. The summed E-state index contributed by atoms with van der Waals surface area (Å²) in [6.07, 6.45) is 1.04. The van der Waals surface area contributed by atoms with E-state index in [1.165, 1.54) is 4.31 Å². The lowest BCUT2D eigenvalue weighted by Crippen LogP contribution is -2.52. The molecule has 0 spiro atoms. The van der Waals surface area contributed by atoms with Gasteiger partial charge in [-0.25, -0.2) is 16.8 Å². The predicted octanol–water partition coefficient (Wildman–Crippen LogP) is -1.35. The van der Waals surface area contributed by atoms with Crippen LogP contribution in [0.3, 0.4) is 0 Å². The minimum Gasteiger partial charge on any atom is -0.312 e. The highest BCUT2D eigenvalue weighted by Gasteiger charge is 2.27. The zero-order valence-electron chi connectivity index (χ0n) is 9.51. The van der Waals surface area contributed by atoms with E-state index in [-0.39, 0.29) is 17.5 Å². The normalized spacial score (nSPS) is 24.5. The molecule has 1 saturated heterocycles. The molecule has 96 valence electrons. The second-order valence-corrected chi connectivity index (χ2v) is 8.51. The molecule has 1 aliphatic rings. The van der Waals surface area contributed by atoms with Gasteiger partial charge in [0.2, 0.25) is 10.0 Å². The van der Waals surface area contributed by atoms with Crippen molar-refractivity contribution in [3.05, 3.63) is 0 Å². The van der Waals surface area contributed by atoms with Crippen molar-refractivity contribution in [1.29, 1.82) is 0 Å². The molecule has 0 aromatic heterocycles. The van der Waals surface area contributed by atoms with Crippen molar-refractivity contribution in [2.24, 2.45) is 0 Å². The summed E-state index contributed by atoms with van der Waals surface area (Å²) in [7, 11) is -6.67. The van der Waals surface area contributed by atoms with Crippen molar-refractivity contribution in [3.63, 3.8) is 0 Å². The van der Waals surface area contributed by atoms with Crippen LogP contribution in [0.1, 0.15) is 6.92 Å². The number of sulfone groups is 1. The van der Waals surface area contributed by atoms with Gasteiger partial charge in [-0.3, -0.25) is 0 Å². The lowest BCUT2D eigenvalue weighted by atomic mass is 10.3. The molecule has 0 aliphatic carbocycles. The molecule has 1 N–H and O–H groups in total. The Morgan fingerprint density at radius 2 is 1.88 bits per heavy atom. The first-order valence-corrected chi connectivity index (χ1v) is 8.76. The molecule has 0 saturated carbocycles. The van der Waals surface area contributed by atoms with Crippen LogP contribution in [0, 0.1) is 0 Å². The summed E-state index contributed by atoms with van der Waals surface area (Å²) in [5.41, 5.74) is 0. The molecule has 1 aliphatic heterocycles. The number of hydrogen-bond donors (Lipinski definition) is 1. The standard InChI is InChI=1S/C8H18N2O4S2/c1-8-7-10(4-3-9-8)16(13,14)6-5-15(2,11)12/h8-9H,3-7H2,1-2H3. The van der Waals surface area contributed by atoms with Crippen LogP contribution in [0.15, 0.2) is 0 Å². The van der Waals surface area contributed by atoms with Gasteiger partial charge in [0.05, 0.1) is 11.5 Å². The fraction of sp³-hybridized carbons (Fsp3) is 1.00. The minimum absolute atomic E-state index is 0.113. The molecule has 0 aromatic rings. The van der Waals surface area contributed by atoms with Crippen molar-refractivity contribution in [1.82, 2.24) is 9.62 Å². The van der Waals surface area contributed by atoms with Crippen molar-refractivity contribution in [3.8, 4) is 0 Å². The predicted molar refractivity (Wildman–Crippen MR) is 62.5 cm³/mol. The van der Waals surface area contributed by atoms with Crippen LogP contribution in [0.25, 0.3) is 0 Å². The molecule has 6 nitrogen and oxygen atoms in total. The van der Waals surface area contributed by atoms with Crippen molar-refractivity contribution >= 4 is 19.9 Å². The average molecular weight is 270 g/mol. The summed E-state index contributed by atoms with van der Waals surface area (Å²) in [5, 5.41) is 3.13. The molecular weight excluding hydrogens is 252 g/mol. The number of rotatable bonds is 4. The van der Waals surface area contributed by atoms with Gasteiger partial charge in [0.15, 0.2) is 0 Å². The van der Waals surface area contributed by atoms with Crippen LogP contribution in [0.4, 0.5) is 0 Å². The number of nitrogens with zero attached hydrogens (tertiary/aromatic N) is 1. The summed E-state index contributed by atoms with van der Waals surface area (Å²) in [6, 6.07) is 0.113. The summed E-state index contributed by atoms with van der Waals surface area (Å²) in [6.45, 7) is 3.33. The summed E-state index contributed by atoms with van der Waals surface area (Å²) < 4.78 is 46.8. The van der Waals surface area contributed by atoms with Crippen LogP contribution in [0.2, 0.25) is 0 Å². The Hall–Kier alpha value is -0.180. The van der Waals surface area contributed by atoms with Gasteiger partial charge in [0.25, 0.3) is 0 Å². The quantitative estimate of drug-likeness (QED) is 0.683. The van der Waals surface area contributed by atoms with E-state index in [2.05, 4.69) is 5.32 Å². The van der Waals surface area contributed by atoms with Crippen LogP contribution < -0.4 is 5.32 Å². The van der Waals surface area contributed by atoms with Gasteiger partial charge in [-0.1, -0.05) is 0 Å². The van der Waals surface area contributed by atoms with Gasteiger partial charge in [0, 0.05) is 31.9 Å². The van der Waals surface area contributed by atoms with E-state index in [1.54, 1.807) is 0 Å². The molecule has 1 unspecified atom stereocenters. The van der Waals surface area contributed by atoms with E-state index in [9.17, 15) is 16.8 Å². The lowest BCUT2D eigenvalue weighted by molar-refractivity contribution is 0.310. The zero-order chi connectivity index (χ0) is 12.4. The molecule has 0 radical (unpaired) electrons. The SMILES string of the molecule is CC1CN(S(=O)(=O)CCS(C)(=O)=O)CCN1. The summed E-state index contributed by atoms with van der Waals surface area (Å²) in [5.74, 6) is -0.633. The first-order chi connectivity index (χ1) is 7.21. The van der Waals surface area contributed by atoms with Crippen molar-refractivity contribution in [2.45, 2.75) is 13.0 Å². The third kappa shape index (κ3) is 4.36. The van der Waals surface area contributed by atoms with Gasteiger partial charge >= 0.3 is 0 Å². The molecule has 1 fully saturated rings. The van der Waals surface area contributed by atoms with E-state index in [0.29, 0.717) is 19.6 Å². The maximum atomic E-state index is 11.8. The van der Waals surface area contributed by atoms with Gasteiger partial charge in [-0.15, -0.1) is 0 Å². The Bertz CT molecular complexity index is 429.